The zero-order valence-corrected chi connectivity index (χ0v) is 9.87. The van der Waals surface area contributed by atoms with Crippen LogP contribution in [0.3, 0.4) is 0 Å². The number of aromatic nitrogens is 4. The molecule has 2 aromatic rings. The molecule has 0 aliphatic rings. The molecule has 0 spiro atoms. The summed E-state index contributed by atoms with van der Waals surface area (Å²) in [5.41, 5.74) is 0.871. The van der Waals surface area contributed by atoms with Gasteiger partial charge in [-0.15, -0.1) is 0 Å². The van der Waals surface area contributed by atoms with E-state index in [1.807, 2.05) is 20.0 Å². The Balaban J connectivity index is 2.04. The average molecular weight is 233 g/mol. The van der Waals surface area contributed by atoms with E-state index in [1.54, 1.807) is 23.1 Å². The number of hydrogen-bond acceptors (Lipinski definition) is 5. The van der Waals surface area contributed by atoms with Crippen LogP contribution in [0.5, 0.6) is 0 Å². The van der Waals surface area contributed by atoms with Crippen LogP contribution < -0.4 is 5.32 Å². The third kappa shape index (κ3) is 3.01. The van der Waals surface area contributed by atoms with Crippen molar-refractivity contribution in [3.63, 3.8) is 0 Å². The summed E-state index contributed by atoms with van der Waals surface area (Å²) in [6.07, 6.45) is 6.72. The molecule has 0 bridgehead atoms. The van der Waals surface area contributed by atoms with Crippen molar-refractivity contribution in [2.45, 2.75) is 20.1 Å². The lowest BCUT2D eigenvalue weighted by Crippen LogP contribution is -2.09. The maximum absolute atomic E-state index is 5.44. The summed E-state index contributed by atoms with van der Waals surface area (Å²) in [5.74, 6) is 0.739. The molecule has 1 N–H and O–H groups in total. The van der Waals surface area contributed by atoms with Crippen LogP contribution >= 0.6 is 0 Å². The Hall–Kier alpha value is -1.95. The third-order valence-corrected chi connectivity index (χ3v) is 2.24. The number of anilines is 2. The van der Waals surface area contributed by atoms with E-state index in [2.05, 4.69) is 20.4 Å². The summed E-state index contributed by atoms with van der Waals surface area (Å²) in [4.78, 5) is 7.93. The van der Waals surface area contributed by atoms with E-state index in [-0.39, 0.29) is 6.23 Å². The van der Waals surface area contributed by atoms with Gasteiger partial charge in [0.15, 0.2) is 0 Å². The predicted octanol–water partition coefficient (Wildman–Crippen LogP) is 1.97. The largest absolute Gasteiger partial charge is 0.357 e. The Labute approximate surface area is 99.7 Å². The highest BCUT2D eigenvalue weighted by molar-refractivity contribution is 5.52. The van der Waals surface area contributed by atoms with E-state index in [1.165, 1.54) is 6.33 Å². The van der Waals surface area contributed by atoms with Gasteiger partial charge in [-0.1, -0.05) is 0 Å². The first-order valence-electron chi connectivity index (χ1n) is 5.48. The first kappa shape index (κ1) is 11.5. The van der Waals surface area contributed by atoms with Gasteiger partial charge in [0, 0.05) is 12.8 Å². The molecule has 0 aliphatic heterocycles. The minimum Gasteiger partial charge on any atom is -0.357 e. The molecule has 2 rings (SSSR count). The Kier molecular flexibility index (Phi) is 3.66. The second-order valence-electron chi connectivity index (χ2n) is 3.48. The highest BCUT2D eigenvalue weighted by Crippen LogP contribution is 2.15. The maximum Gasteiger partial charge on any atom is 0.147 e. The topological polar surface area (TPSA) is 64.9 Å². The normalized spacial score (nSPS) is 12.4. The Bertz CT molecular complexity index is 456. The van der Waals surface area contributed by atoms with Gasteiger partial charge in [0.2, 0.25) is 0 Å². The van der Waals surface area contributed by atoms with Gasteiger partial charge in [0.05, 0.1) is 18.1 Å². The number of nitrogens with one attached hydrogen (secondary N) is 1. The average Bonchev–Trinajstić information content (AvgIpc) is 2.79. The summed E-state index contributed by atoms with van der Waals surface area (Å²) in [7, 11) is 0. The molecule has 6 nitrogen and oxygen atoms in total. The number of nitrogens with zero attached hydrogens (tertiary/aromatic N) is 4. The highest BCUT2D eigenvalue weighted by atomic mass is 16.5. The predicted molar refractivity (Wildman–Crippen MR) is 63.9 cm³/mol. The molecular weight excluding hydrogens is 218 g/mol. The van der Waals surface area contributed by atoms with E-state index in [4.69, 9.17) is 4.74 Å². The maximum atomic E-state index is 5.44. The van der Waals surface area contributed by atoms with E-state index in [9.17, 15) is 0 Å². The summed E-state index contributed by atoms with van der Waals surface area (Å²) in [6, 6.07) is 1.79. The molecule has 0 fully saturated rings. The van der Waals surface area contributed by atoms with Crippen molar-refractivity contribution < 1.29 is 4.74 Å². The molecule has 90 valence electrons. The van der Waals surface area contributed by atoms with Crippen LogP contribution in [0.4, 0.5) is 11.5 Å². The van der Waals surface area contributed by atoms with Gasteiger partial charge >= 0.3 is 0 Å². The minimum atomic E-state index is -0.0686. The van der Waals surface area contributed by atoms with Crippen LogP contribution in [0.25, 0.3) is 0 Å². The van der Waals surface area contributed by atoms with Crippen LogP contribution in [0, 0.1) is 0 Å². The molecule has 17 heavy (non-hydrogen) atoms. The van der Waals surface area contributed by atoms with Crippen molar-refractivity contribution in [3.8, 4) is 0 Å². The van der Waals surface area contributed by atoms with Gasteiger partial charge in [-0.25, -0.2) is 14.6 Å². The van der Waals surface area contributed by atoms with Gasteiger partial charge in [0.1, 0.15) is 18.4 Å². The van der Waals surface area contributed by atoms with Crippen molar-refractivity contribution >= 4 is 11.5 Å². The summed E-state index contributed by atoms with van der Waals surface area (Å²) >= 11 is 0. The molecule has 0 aliphatic carbocycles. The van der Waals surface area contributed by atoms with E-state index in [0.717, 1.165) is 11.5 Å². The zero-order chi connectivity index (χ0) is 12.1. The third-order valence-electron chi connectivity index (χ3n) is 2.24. The van der Waals surface area contributed by atoms with Gasteiger partial charge in [-0.3, -0.25) is 0 Å². The summed E-state index contributed by atoms with van der Waals surface area (Å²) in [6.45, 7) is 4.57. The number of hydrogen-bond donors (Lipinski definition) is 1. The molecule has 0 saturated heterocycles. The monoisotopic (exact) mass is 233 g/mol. The fourth-order valence-corrected chi connectivity index (χ4v) is 1.43. The van der Waals surface area contributed by atoms with Crippen LogP contribution in [0.15, 0.2) is 31.0 Å². The second kappa shape index (κ2) is 5.40. The summed E-state index contributed by atoms with van der Waals surface area (Å²) < 4.78 is 7.20. The molecule has 2 heterocycles. The van der Waals surface area contributed by atoms with E-state index in [0.29, 0.717) is 6.61 Å². The smallest absolute Gasteiger partial charge is 0.147 e. The quantitative estimate of drug-likeness (QED) is 0.855. The molecular formula is C11H15N5O. The number of rotatable bonds is 5. The SMILES string of the molecule is CCOC(C)n1cc(Nc2ccncn2)cn1. The summed E-state index contributed by atoms with van der Waals surface area (Å²) in [5, 5.41) is 7.35. The van der Waals surface area contributed by atoms with Crippen LogP contribution in [-0.2, 0) is 4.74 Å². The number of ether oxygens (including phenoxy) is 1. The molecule has 2 aromatic heterocycles. The van der Waals surface area contributed by atoms with Gasteiger partial charge in [-0.2, -0.15) is 5.10 Å². The highest BCUT2D eigenvalue weighted by Gasteiger charge is 2.06. The van der Waals surface area contributed by atoms with Crippen molar-refractivity contribution in [1.82, 2.24) is 19.7 Å². The molecule has 0 radical (unpaired) electrons. The van der Waals surface area contributed by atoms with Crippen LogP contribution in [-0.4, -0.2) is 26.4 Å². The lowest BCUT2D eigenvalue weighted by atomic mass is 10.5. The minimum absolute atomic E-state index is 0.0686. The Morgan fingerprint density at radius 3 is 3.12 bits per heavy atom. The molecule has 1 unspecified atom stereocenters. The second-order valence-corrected chi connectivity index (χ2v) is 3.48. The Morgan fingerprint density at radius 2 is 2.41 bits per heavy atom. The molecule has 0 amide bonds. The van der Waals surface area contributed by atoms with Crippen molar-refractivity contribution in [2.24, 2.45) is 0 Å². The van der Waals surface area contributed by atoms with Crippen molar-refractivity contribution in [3.05, 3.63) is 31.0 Å². The van der Waals surface area contributed by atoms with Crippen LogP contribution in [0.2, 0.25) is 0 Å². The lowest BCUT2D eigenvalue weighted by molar-refractivity contribution is 0.0160. The standard InChI is InChI=1S/C11H15N5O/c1-3-17-9(2)16-7-10(6-14-16)15-11-4-5-12-8-13-11/h4-9H,3H2,1-2H3,(H,12,13,15). The van der Waals surface area contributed by atoms with E-state index < -0.39 is 0 Å². The molecule has 6 heteroatoms. The van der Waals surface area contributed by atoms with Crippen LogP contribution in [0.1, 0.15) is 20.1 Å². The Morgan fingerprint density at radius 1 is 1.53 bits per heavy atom. The van der Waals surface area contributed by atoms with Crippen molar-refractivity contribution in [1.29, 1.82) is 0 Å². The van der Waals surface area contributed by atoms with Gasteiger partial charge < -0.3 is 10.1 Å². The first-order valence-corrected chi connectivity index (χ1v) is 5.48. The van der Waals surface area contributed by atoms with Gasteiger partial charge in [-0.05, 0) is 19.9 Å². The fourth-order valence-electron chi connectivity index (χ4n) is 1.43. The van der Waals surface area contributed by atoms with Gasteiger partial charge in [0.25, 0.3) is 0 Å². The van der Waals surface area contributed by atoms with Crippen molar-refractivity contribution in [2.75, 3.05) is 11.9 Å². The fraction of sp³-hybridized carbons (Fsp3) is 0.364. The first-order chi connectivity index (χ1) is 8.29. The molecule has 1 atom stereocenters. The van der Waals surface area contributed by atoms with E-state index >= 15 is 0 Å². The molecule has 0 aromatic carbocycles. The lowest BCUT2D eigenvalue weighted by Gasteiger charge is -2.11. The molecule has 0 saturated carbocycles. The zero-order valence-electron chi connectivity index (χ0n) is 9.87.